The highest BCUT2D eigenvalue weighted by Gasteiger charge is 2.27. The summed E-state index contributed by atoms with van der Waals surface area (Å²) in [6.07, 6.45) is -0.427. The molecular formula is C13H11N3O3S. The molecule has 0 unspecified atom stereocenters. The van der Waals surface area contributed by atoms with E-state index in [2.05, 4.69) is 16.3 Å². The van der Waals surface area contributed by atoms with E-state index in [9.17, 15) is 0 Å². The molecule has 1 aromatic carbocycles. The van der Waals surface area contributed by atoms with E-state index in [4.69, 9.17) is 19.2 Å². The number of nitrogens with zero attached hydrogens (tertiary/aromatic N) is 3. The molecule has 0 aliphatic carbocycles. The second-order valence-corrected chi connectivity index (χ2v) is 5.45. The lowest BCUT2D eigenvalue weighted by molar-refractivity contribution is 0.0686. The number of hydrogen-bond donors (Lipinski definition) is 0. The van der Waals surface area contributed by atoms with E-state index in [1.165, 1.54) is 11.8 Å². The lowest BCUT2D eigenvalue weighted by atomic mass is 10.2. The van der Waals surface area contributed by atoms with E-state index in [-0.39, 0.29) is 5.25 Å². The van der Waals surface area contributed by atoms with Crippen LogP contribution in [0.4, 0.5) is 0 Å². The second kappa shape index (κ2) is 5.43. The third-order valence-electron chi connectivity index (χ3n) is 2.67. The predicted octanol–water partition coefficient (Wildman–Crippen LogP) is 2.59. The molecule has 1 aliphatic rings. The monoisotopic (exact) mass is 289 g/mol. The maximum atomic E-state index is 8.76. The fourth-order valence-corrected chi connectivity index (χ4v) is 2.29. The Kier molecular flexibility index (Phi) is 3.48. The van der Waals surface area contributed by atoms with Crippen LogP contribution in [0.25, 0.3) is 0 Å². The van der Waals surface area contributed by atoms with Crippen LogP contribution < -0.4 is 9.47 Å². The predicted molar refractivity (Wildman–Crippen MR) is 70.5 cm³/mol. The van der Waals surface area contributed by atoms with Crippen LogP contribution in [0.3, 0.4) is 0 Å². The van der Waals surface area contributed by atoms with Gasteiger partial charge in [0.25, 0.3) is 11.1 Å². The van der Waals surface area contributed by atoms with Crippen molar-refractivity contribution in [3.63, 3.8) is 0 Å². The van der Waals surface area contributed by atoms with E-state index >= 15 is 0 Å². The van der Waals surface area contributed by atoms with Gasteiger partial charge in [-0.25, -0.2) is 0 Å². The zero-order chi connectivity index (χ0) is 13.9. The molecule has 6 nitrogen and oxygen atoms in total. The summed E-state index contributed by atoms with van der Waals surface area (Å²) in [6.45, 7) is 2.09. The first kappa shape index (κ1) is 12.8. The summed E-state index contributed by atoms with van der Waals surface area (Å²) < 4.78 is 16.9. The first-order chi connectivity index (χ1) is 9.76. The largest absolute Gasteiger partial charge is 0.485 e. The van der Waals surface area contributed by atoms with Crippen molar-refractivity contribution in [1.29, 1.82) is 5.26 Å². The van der Waals surface area contributed by atoms with Gasteiger partial charge in [0.2, 0.25) is 6.10 Å². The van der Waals surface area contributed by atoms with Crippen molar-refractivity contribution in [2.75, 3.05) is 6.61 Å². The minimum atomic E-state index is -0.427. The average Bonchev–Trinajstić information content (AvgIpc) is 2.95. The van der Waals surface area contributed by atoms with Crippen molar-refractivity contribution in [2.24, 2.45) is 0 Å². The van der Waals surface area contributed by atoms with Gasteiger partial charge in [-0.1, -0.05) is 12.1 Å². The molecule has 0 spiro atoms. The highest BCUT2D eigenvalue weighted by molar-refractivity contribution is 7.99. The van der Waals surface area contributed by atoms with Crippen LogP contribution in [-0.4, -0.2) is 22.1 Å². The van der Waals surface area contributed by atoms with Crippen LogP contribution >= 0.6 is 11.8 Å². The highest BCUT2D eigenvalue weighted by Crippen LogP contribution is 2.36. The number of hydrogen-bond acceptors (Lipinski definition) is 7. The van der Waals surface area contributed by atoms with Crippen LogP contribution in [0.15, 0.2) is 33.9 Å². The Hall–Kier alpha value is -2.20. The van der Waals surface area contributed by atoms with Crippen molar-refractivity contribution < 1.29 is 13.9 Å². The molecule has 7 heteroatoms. The maximum Gasteiger partial charge on any atom is 0.278 e. The Labute approximate surface area is 119 Å². The summed E-state index contributed by atoms with van der Waals surface area (Å²) in [4.78, 5) is 0. The Morgan fingerprint density at radius 2 is 2.15 bits per heavy atom. The number of nitriles is 1. The summed E-state index contributed by atoms with van der Waals surface area (Å²) in [5.74, 6) is 1.71. The third-order valence-corrected chi connectivity index (χ3v) is 3.49. The van der Waals surface area contributed by atoms with Gasteiger partial charge in [-0.15, -0.1) is 10.2 Å². The molecule has 0 saturated carbocycles. The van der Waals surface area contributed by atoms with Gasteiger partial charge in [0.1, 0.15) is 6.61 Å². The van der Waals surface area contributed by atoms with Gasteiger partial charge in [-0.05, 0) is 30.8 Å². The molecule has 2 aromatic rings. The summed E-state index contributed by atoms with van der Waals surface area (Å²) in [5.41, 5.74) is 0. The molecule has 2 atom stereocenters. The molecule has 1 aliphatic heterocycles. The Balaban J connectivity index is 1.74. The zero-order valence-corrected chi connectivity index (χ0v) is 11.5. The van der Waals surface area contributed by atoms with E-state index in [1.807, 2.05) is 24.3 Å². The first-order valence-electron chi connectivity index (χ1n) is 6.04. The Bertz CT molecular complexity index is 652. The van der Waals surface area contributed by atoms with Crippen molar-refractivity contribution in [2.45, 2.75) is 23.5 Å². The molecule has 0 saturated heterocycles. The smallest absolute Gasteiger partial charge is 0.278 e. The molecule has 0 amide bonds. The molecule has 0 bridgehead atoms. The molecule has 0 fully saturated rings. The minimum Gasteiger partial charge on any atom is -0.485 e. The molecule has 102 valence electrons. The van der Waals surface area contributed by atoms with Crippen LogP contribution in [0, 0.1) is 11.3 Å². The van der Waals surface area contributed by atoms with E-state index in [0.717, 1.165) is 0 Å². The van der Waals surface area contributed by atoms with Crippen molar-refractivity contribution >= 4 is 11.8 Å². The van der Waals surface area contributed by atoms with Gasteiger partial charge in [-0.3, -0.25) is 0 Å². The van der Waals surface area contributed by atoms with E-state index in [0.29, 0.717) is 29.2 Å². The minimum absolute atomic E-state index is 0.243. The molecule has 1 aromatic heterocycles. The summed E-state index contributed by atoms with van der Waals surface area (Å²) >= 11 is 1.22. The maximum absolute atomic E-state index is 8.76. The zero-order valence-electron chi connectivity index (χ0n) is 10.6. The molecule has 0 radical (unpaired) electrons. The van der Waals surface area contributed by atoms with Gasteiger partial charge in [0.15, 0.2) is 11.5 Å². The molecular weight excluding hydrogens is 278 g/mol. The normalized spacial score (nSPS) is 18.3. The number of ether oxygens (including phenoxy) is 2. The number of fused-ring (bicyclic) bond motifs is 1. The highest BCUT2D eigenvalue weighted by atomic mass is 32.2. The summed E-state index contributed by atoms with van der Waals surface area (Å²) in [5, 5.41) is 16.7. The van der Waals surface area contributed by atoms with E-state index < -0.39 is 6.10 Å². The summed E-state index contributed by atoms with van der Waals surface area (Å²) in [6, 6.07) is 9.51. The Morgan fingerprint density at radius 3 is 2.95 bits per heavy atom. The molecule has 20 heavy (non-hydrogen) atoms. The Morgan fingerprint density at radius 1 is 1.35 bits per heavy atom. The standard InChI is InChI=1S/C13H11N3O3S/c1-8(6-14)20-13-16-15-12(19-13)11-7-17-9-4-2-3-5-10(9)18-11/h2-5,8,11H,7H2,1H3/t8-,11+/m1/s1. The fraction of sp³-hybridized carbons (Fsp3) is 0.308. The van der Waals surface area contributed by atoms with Crippen molar-refractivity contribution in [3.05, 3.63) is 30.2 Å². The van der Waals surface area contributed by atoms with E-state index in [1.54, 1.807) is 6.92 Å². The molecule has 0 N–H and O–H groups in total. The number of rotatable bonds is 3. The van der Waals surface area contributed by atoms with Crippen LogP contribution in [0.1, 0.15) is 18.9 Å². The SMILES string of the molecule is C[C@H](C#N)Sc1nnc([C@@H]2COc3ccccc3O2)o1. The first-order valence-corrected chi connectivity index (χ1v) is 6.92. The summed E-state index contributed by atoms with van der Waals surface area (Å²) in [7, 11) is 0. The molecule has 2 heterocycles. The van der Waals surface area contributed by atoms with Gasteiger partial charge < -0.3 is 13.9 Å². The van der Waals surface area contributed by atoms with Gasteiger partial charge >= 0.3 is 0 Å². The number of aromatic nitrogens is 2. The van der Waals surface area contributed by atoms with Crippen LogP contribution in [-0.2, 0) is 0 Å². The van der Waals surface area contributed by atoms with Gasteiger partial charge in [-0.2, -0.15) is 5.26 Å². The van der Waals surface area contributed by atoms with Crippen molar-refractivity contribution in [3.8, 4) is 17.6 Å². The number of benzene rings is 1. The lowest BCUT2D eigenvalue weighted by Crippen LogP contribution is -2.21. The quantitative estimate of drug-likeness (QED) is 0.803. The third kappa shape index (κ3) is 2.56. The van der Waals surface area contributed by atoms with Gasteiger partial charge in [0, 0.05) is 0 Å². The number of para-hydroxylation sites is 2. The molecule has 3 rings (SSSR count). The topological polar surface area (TPSA) is 81.2 Å². The fourth-order valence-electron chi connectivity index (χ4n) is 1.72. The van der Waals surface area contributed by atoms with Gasteiger partial charge in [0.05, 0.1) is 11.3 Å². The van der Waals surface area contributed by atoms with Crippen LogP contribution in [0.5, 0.6) is 11.5 Å². The lowest BCUT2D eigenvalue weighted by Gasteiger charge is -2.23. The average molecular weight is 289 g/mol. The van der Waals surface area contributed by atoms with Crippen LogP contribution in [0.2, 0.25) is 0 Å². The van der Waals surface area contributed by atoms with Crippen molar-refractivity contribution in [1.82, 2.24) is 10.2 Å². The number of thioether (sulfide) groups is 1. The second-order valence-electron chi connectivity index (χ2n) is 4.16.